The smallest absolute Gasteiger partial charge is 0.331 e. The van der Waals surface area contributed by atoms with Gasteiger partial charge in [-0.3, -0.25) is 14.5 Å². The second-order valence-electron chi connectivity index (χ2n) is 7.11. The minimum Gasteiger partial charge on any atom is -0.467 e. The van der Waals surface area contributed by atoms with Crippen molar-refractivity contribution in [1.29, 1.82) is 5.41 Å². The summed E-state index contributed by atoms with van der Waals surface area (Å²) in [4.78, 5) is 15.0. The molecular weight excluding hydrogens is 350 g/mol. The summed E-state index contributed by atoms with van der Waals surface area (Å²) in [5.41, 5.74) is 0.852. The molecule has 0 unspecified atom stereocenters. The maximum absolute atomic E-state index is 13.1. The van der Waals surface area contributed by atoms with Crippen LogP contribution in [0.4, 0.5) is 0 Å². The van der Waals surface area contributed by atoms with E-state index in [2.05, 4.69) is 20.4 Å². The molecule has 4 rings (SSSR count). The fourth-order valence-corrected chi connectivity index (χ4v) is 4.67. The van der Waals surface area contributed by atoms with Crippen LogP contribution in [0.1, 0.15) is 30.0 Å². The number of furan rings is 1. The van der Waals surface area contributed by atoms with E-state index in [-0.39, 0.29) is 23.3 Å². The molecule has 0 saturated carbocycles. The lowest BCUT2D eigenvalue weighted by Gasteiger charge is -2.30. The molecule has 3 aromatic rings. The molecule has 0 amide bonds. The minimum absolute atomic E-state index is 0.224. The Bertz CT molecular complexity index is 1100. The maximum atomic E-state index is 13.1. The van der Waals surface area contributed by atoms with Crippen LogP contribution in [0.2, 0.25) is 0 Å². The van der Waals surface area contributed by atoms with Crippen LogP contribution in [0.5, 0.6) is 0 Å². The first-order chi connectivity index (χ1) is 12.4. The Balaban J connectivity index is 2.02. The Kier molecular flexibility index (Phi) is 4.00. The Hall–Kier alpha value is -2.38. The number of ether oxygens (including phenoxy) is 1. The molecule has 1 aliphatic heterocycles. The number of fused-ring (bicyclic) bond motifs is 3. The Morgan fingerprint density at radius 3 is 2.92 bits per heavy atom. The van der Waals surface area contributed by atoms with Crippen LogP contribution in [-0.2, 0) is 30.9 Å². The molecule has 4 heterocycles. The molecule has 0 radical (unpaired) electrons. The third-order valence-corrected chi connectivity index (χ3v) is 5.92. The van der Waals surface area contributed by atoms with Gasteiger partial charge in [0.05, 0.1) is 30.4 Å². The van der Waals surface area contributed by atoms with E-state index in [1.54, 1.807) is 34.3 Å². The predicted molar refractivity (Wildman–Crippen MR) is 101 cm³/mol. The average molecular weight is 371 g/mol. The fraction of sp³-hybridized carbons (Fsp3) is 0.368. The highest BCUT2D eigenvalue weighted by molar-refractivity contribution is 7.18. The van der Waals surface area contributed by atoms with Gasteiger partial charge in [-0.15, -0.1) is 17.9 Å². The summed E-state index contributed by atoms with van der Waals surface area (Å²) in [6.07, 6.45) is 4.01. The second kappa shape index (κ2) is 6.10. The molecule has 1 aliphatic rings. The monoisotopic (exact) mass is 371 g/mol. The van der Waals surface area contributed by atoms with Crippen LogP contribution >= 0.6 is 11.3 Å². The zero-order valence-corrected chi connectivity index (χ0v) is 15.7. The molecule has 0 aliphatic carbocycles. The summed E-state index contributed by atoms with van der Waals surface area (Å²) < 4.78 is 14.5. The van der Waals surface area contributed by atoms with Crippen molar-refractivity contribution in [1.82, 2.24) is 9.13 Å². The average Bonchev–Trinajstić information content (AvgIpc) is 3.22. The first-order valence-corrected chi connectivity index (χ1v) is 9.32. The Morgan fingerprint density at radius 1 is 1.42 bits per heavy atom. The van der Waals surface area contributed by atoms with Crippen LogP contribution < -0.4 is 11.2 Å². The largest absolute Gasteiger partial charge is 0.467 e. The van der Waals surface area contributed by atoms with E-state index in [0.717, 1.165) is 27.1 Å². The van der Waals surface area contributed by atoms with Gasteiger partial charge in [0.25, 0.3) is 0 Å². The number of hydrogen-bond acceptors (Lipinski definition) is 5. The summed E-state index contributed by atoms with van der Waals surface area (Å²) >= 11 is 1.55. The van der Waals surface area contributed by atoms with Gasteiger partial charge in [0.2, 0.25) is 0 Å². The van der Waals surface area contributed by atoms with Gasteiger partial charge in [0, 0.05) is 17.8 Å². The summed E-state index contributed by atoms with van der Waals surface area (Å²) in [5, 5.41) is 9.59. The summed E-state index contributed by atoms with van der Waals surface area (Å²) in [7, 11) is 0. The Labute approximate surface area is 154 Å². The number of rotatable bonds is 4. The molecule has 1 N–H and O–H groups in total. The highest BCUT2D eigenvalue weighted by atomic mass is 32.1. The van der Waals surface area contributed by atoms with Gasteiger partial charge in [-0.25, -0.2) is 4.79 Å². The summed E-state index contributed by atoms with van der Waals surface area (Å²) in [5.74, 6) is 0.651. The van der Waals surface area contributed by atoms with E-state index >= 15 is 0 Å². The van der Waals surface area contributed by atoms with Gasteiger partial charge in [0.1, 0.15) is 16.1 Å². The molecule has 7 heteroatoms. The van der Waals surface area contributed by atoms with Crippen LogP contribution in [0.3, 0.4) is 0 Å². The number of thiophene rings is 1. The van der Waals surface area contributed by atoms with Gasteiger partial charge in [-0.1, -0.05) is 6.08 Å². The van der Waals surface area contributed by atoms with Crippen molar-refractivity contribution in [3.8, 4) is 0 Å². The van der Waals surface area contributed by atoms with Crippen molar-refractivity contribution in [2.45, 2.75) is 45.6 Å². The lowest BCUT2D eigenvalue weighted by molar-refractivity contribution is -0.0379. The van der Waals surface area contributed by atoms with Crippen LogP contribution in [0.25, 0.3) is 10.2 Å². The van der Waals surface area contributed by atoms with Crippen molar-refractivity contribution in [3.05, 3.63) is 63.2 Å². The van der Waals surface area contributed by atoms with Crippen molar-refractivity contribution >= 4 is 21.6 Å². The molecule has 0 spiro atoms. The molecule has 0 bridgehead atoms. The van der Waals surface area contributed by atoms with E-state index in [1.165, 1.54) is 4.57 Å². The molecule has 0 atom stereocenters. The zero-order chi connectivity index (χ0) is 18.5. The normalized spacial score (nSPS) is 15.9. The van der Waals surface area contributed by atoms with Gasteiger partial charge >= 0.3 is 5.69 Å². The summed E-state index contributed by atoms with van der Waals surface area (Å²) in [6.45, 7) is 9.05. The van der Waals surface area contributed by atoms with Crippen molar-refractivity contribution in [3.63, 3.8) is 0 Å². The van der Waals surface area contributed by atoms with Crippen molar-refractivity contribution < 1.29 is 9.15 Å². The van der Waals surface area contributed by atoms with Gasteiger partial charge in [-0.05, 0) is 31.5 Å². The second-order valence-corrected chi connectivity index (χ2v) is 8.19. The summed E-state index contributed by atoms with van der Waals surface area (Å²) in [6, 6.07) is 3.60. The van der Waals surface area contributed by atoms with E-state index in [4.69, 9.17) is 14.6 Å². The first-order valence-electron chi connectivity index (χ1n) is 8.51. The van der Waals surface area contributed by atoms with Crippen LogP contribution in [0, 0.1) is 5.41 Å². The van der Waals surface area contributed by atoms with E-state index in [0.29, 0.717) is 18.9 Å². The predicted octanol–water partition coefficient (Wildman–Crippen LogP) is 3.02. The molecule has 136 valence electrons. The highest BCUT2D eigenvalue weighted by Gasteiger charge is 2.31. The lowest BCUT2D eigenvalue weighted by Crippen LogP contribution is -2.40. The number of nitrogens with zero attached hydrogens (tertiary/aromatic N) is 2. The number of nitrogens with one attached hydrogen (secondary N) is 1. The molecule has 0 saturated heterocycles. The van der Waals surface area contributed by atoms with Crippen molar-refractivity contribution in [2.24, 2.45) is 0 Å². The molecule has 6 nitrogen and oxygen atoms in total. The maximum Gasteiger partial charge on any atom is 0.331 e. The van der Waals surface area contributed by atoms with E-state index in [9.17, 15) is 4.79 Å². The zero-order valence-electron chi connectivity index (χ0n) is 14.9. The van der Waals surface area contributed by atoms with E-state index in [1.807, 2.05) is 6.07 Å². The number of allylic oxidation sites excluding steroid dienone is 1. The molecule has 26 heavy (non-hydrogen) atoms. The van der Waals surface area contributed by atoms with Gasteiger partial charge in [-0.2, -0.15) is 0 Å². The molecule has 3 aromatic heterocycles. The number of aromatic nitrogens is 2. The van der Waals surface area contributed by atoms with E-state index < -0.39 is 0 Å². The minimum atomic E-state index is -0.279. The quantitative estimate of drug-likeness (QED) is 0.717. The van der Waals surface area contributed by atoms with Gasteiger partial charge < -0.3 is 9.15 Å². The lowest BCUT2D eigenvalue weighted by atomic mass is 9.94. The highest BCUT2D eigenvalue weighted by Crippen LogP contribution is 2.37. The fourth-order valence-electron chi connectivity index (χ4n) is 3.43. The van der Waals surface area contributed by atoms with Crippen molar-refractivity contribution in [2.75, 3.05) is 0 Å². The molecule has 0 fully saturated rings. The van der Waals surface area contributed by atoms with Crippen LogP contribution in [0.15, 0.2) is 40.3 Å². The molecule has 0 aromatic carbocycles. The third-order valence-electron chi connectivity index (χ3n) is 4.69. The topological polar surface area (TPSA) is 73.2 Å². The SMILES string of the molecule is C=CCn1c(=O)n(Cc2ccco2)c(=N)c2c3c(sc21)COC(C)(C)C3. The molecular formula is C19H21N3O3S. The number of hydrogen-bond donors (Lipinski definition) is 1. The van der Waals surface area contributed by atoms with Gasteiger partial charge in [0.15, 0.2) is 0 Å². The third kappa shape index (κ3) is 2.68. The first kappa shape index (κ1) is 17.1. The standard InChI is InChI=1S/C19H21N3O3S/c1-4-7-21-17-15(13-9-19(2,3)25-11-14(13)26-17)16(20)22(18(21)23)10-12-6-5-8-24-12/h4-6,8,20H,1,7,9-11H2,2-3H3. The Morgan fingerprint density at radius 2 is 2.23 bits per heavy atom. The van der Waals surface area contributed by atoms with Crippen LogP contribution in [-0.4, -0.2) is 14.7 Å².